The Morgan fingerprint density at radius 1 is 0.826 bits per heavy atom. The van der Waals surface area contributed by atoms with E-state index in [2.05, 4.69) is 27.7 Å². The molecule has 0 aromatic heterocycles. The molecule has 5 aliphatic carbocycles. The molecular weight excluding hydrogens is 592 g/mol. The topological polar surface area (TPSA) is 116 Å². The van der Waals surface area contributed by atoms with Crippen LogP contribution in [0.2, 0.25) is 0 Å². The maximum atomic E-state index is 12.6. The SMILES string of the molecule is COC(=O)CCC(C)[C@H]1CCC2C3C(C[C@H](OC(C)=O)[C@@]21C)[C@@]1(C)CCC2(C[C@H]1C[C@H]3OC(C)=O)OOC1(CCC(C)CC1)OO2. The van der Waals surface area contributed by atoms with Gasteiger partial charge in [0.05, 0.1) is 7.11 Å². The lowest BCUT2D eigenvalue weighted by molar-refractivity contribution is -0.665. The fourth-order valence-electron chi connectivity index (χ4n) is 11.3. The Hall–Kier alpha value is -1.75. The Labute approximate surface area is 274 Å². The first-order valence-corrected chi connectivity index (χ1v) is 17.9. The van der Waals surface area contributed by atoms with E-state index in [9.17, 15) is 14.4 Å². The molecule has 5 saturated carbocycles. The average Bonchev–Trinajstić information content (AvgIpc) is 3.37. The molecule has 0 radical (unpaired) electrons. The van der Waals surface area contributed by atoms with Crippen molar-refractivity contribution in [3.8, 4) is 0 Å². The summed E-state index contributed by atoms with van der Waals surface area (Å²) in [6.07, 6.45) is 9.45. The molecule has 260 valence electrons. The Bertz CT molecular complexity index is 1150. The van der Waals surface area contributed by atoms with Crippen molar-refractivity contribution < 1.29 is 48.1 Å². The third kappa shape index (κ3) is 5.91. The quantitative estimate of drug-likeness (QED) is 0.172. The molecule has 10 nitrogen and oxygen atoms in total. The van der Waals surface area contributed by atoms with Crippen LogP contribution >= 0.6 is 0 Å². The number of hydrogen-bond acceptors (Lipinski definition) is 10. The summed E-state index contributed by atoms with van der Waals surface area (Å²) in [6, 6.07) is 0. The molecule has 0 bridgehead atoms. The van der Waals surface area contributed by atoms with E-state index in [1.807, 2.05) is 0 Å². The zero-order valence-electron chi connectivity index (χ0n) is 29.0. The molecule has 1 heterocycles. The highest BCUT2D eigenvalue weighted by molar-refractivity contribution is 5.69. The lowest BCUT2D eigenvalue weighted by Gasteiger charge is -2.65. The number of fused-ring (bicyclic) bond motifs is 5. The van der Waals surface area contributed by atoms with Crippen LogP contribution in [0, 0.1) is 52.3 Å². The first kappa shape index (κ1) is 34.1. The highest BCUT2D eigenvalue weighted by Crippen LogP contribution is 2.70. The second-order valence-corrected chi connectivity index (χ2v) is 16.4. The molecule has 0 aromatic carbocycles. The van der Waals surface area contributed by atoms with Crippen LogP contribution in [0.5, 0.6) is 0 Å². The van der Waals surface area contributed by atoms with E-state index in [0.717, 1.165) is 51.4 Å². The van der Waals surface area contributed by atoms with Gasteiger partial charge in [0.15, 0.2) is 0 Å². The van der Waals surface area contributed by atoms with Crippen molar-refractivity contribution in [2.24, 2.45) is 52.3 Å². The minimum atomic E-state index is -1.00. The summed E-state index contributed by atoms with van der Waals surface area (Å²) in [5.41, 5.74) is -0.411. The predicted octanol–water partition coefficient (Wildman–Crippen LogP) is 6.83. The average molecular weight is 649 g/mol. The highest BCUT2D eigenvalue weighted by Gasteiger charge is 2.69. The molecule has 10 atom stereocenters. The molecule has 6 rings (SSSR count). The minimum Gasteiger partial charge on any atom is -0.469 e. The zero-order valence-corrected chi connectivity index (χ0v) is 29.0. The molecule has 6 fully saturated rings. The van der Waals surface area contributed by atoms with Gasteiger partial charge in [0, 0.05) is 57.3 Å². The molecule has 1 aliphatic heterocycles. The van der Waals surface area contributed by atoms with Gasteiger partial charge in [-0.15, -0.1) is 0 Å². The number of ether oxygens (including phenoxy) is 3. The number of methoxy groups -OCH3 is 1. The Balaban J connectivity index is 1.27. The van der Waals surface area contributed by atoms with E-state index < -0.39 is 11.6 Å². The van der Waals surface area contributed by atoms with Gasteiger partial charge in [-0.05, 0) is 92.3 Å². The van der Waals surface area contributed by atoms with Gasteiger partial charge in [0.25, 0.3) is 0 Å². The third-order valence-electron chi connectivity index (χ3n) is 13.9. The monoisotopic (exact) mass is 648 g/mol. The van der Waals surface area contributed by atoms with E-state index in [1.165, 1.54) is 21.0 Å². The van der Waals surface area contributed by atoms with Gasteiger partial charge in [-0.1, -0.05) is 27.7 Å². The summed E-state index contributed by atoms with van der Waals surface area (Å²) in [5.74, 6) is -0.792. The fraction of sp³-hybridized carbons (Fsp3) is 0.917. The minimum absolute atomic E-state index is 0.108. The largest absolute Gasteiger partial charge is 0.469 e. The Kier molecular flexibility index (Phi) is 9.35. The van der Waals surface area contributed by atoms with Gasteiger partial charge in [0.1, 0.15) is 12.2 Å². The van der Waals surface area contributed by atoms with Gasteiger partial charge in [0.2, 0.25) is 11.6 Å². The van der Waals surface area contributed by atoms with E-state index in [0.29, 0.717) is 38.0 Å². The van der Waals surface area contributed by atoms with Crippen LogP contribution in [-0.2, 0) is 48.1 Å². The molecule has 46 heavy (non-hydrogen) atoms. The standard InChI is InChI=1S/C36H56O10/c1-21-12-14-35(15-13-21)43-45-36(46-44-35)17-16-33(5)25(20-36)18-29(41-23(3)37)32-27-10-9-26(22(2)8-11-31(39)40-7)34(27,6)30(19-28(32)33)42-24(4)38/h21-22,25-30,32H,8-20H2,1-7H3/t21?,22?,25-,26-,27?,28?,29-,30+,32?,33+,34-,35?,36?/m1/s1. The van der Waals surface area contributed by atoms with Gasteiger partial charge >= 0.3 is 17.9 Å². The summed E-state index contributed by atoms with van der Waals surface area (Å²) < 4.78 is 17.5. The molecular formula is C36H56O10. The van der Waals surface area contributed by atoms with Crippen LogP contribution in [-0.4, -0.2) is 48.8 Å². The second-order valence-electron chi connectivity index (χ2n) is 16.4. The van der Waals surface area contributed by atoms with Crippen LogP contribution in [0.15, 0.2) is 0 Å². The van der Waals surface area contributed by atoms with Crippen LogP contribution in [0.4, 0.5) is 0 Å². The normalized spacial score (nSPS) is 47.3. The number of esters is 3. The maximum absolute atomic E-state index is 12.6. The summed E-state index contributed by atoms with van der Waals surface area (Å²) in [6.45, 7) is 12.1. The van der Waals surface area contributed by atoms with Crippen molar-refractivity contribution in [1.29, 1.82) is 0 Å². The van der Waals surface area contributed by atoms with Crippen molar-refractivity contribution in [3.63, 3.8) is 0 Å². The second kappa shape index (κ2) is 12.6. The zero-order chi connectivity index (χ0) is 33.1. The smallest absolute Gasteiger partial charge is 0.305 e. The fourth-order valence-corrected chi connectivity index (χ4v) is 11.3. The molecule has 0 aromatic rings. The van der Waals surface area contributed by atoms with Crippen LogP contribution in [0.3, 0.4) is 0 Å². The number of hydrogen-bond donors (Lipinski definition) is 0. The highest BCUT2D eigenvalue weighted by atomic mass is 17.4. The number of rotatable bonds is 6. The summed E-state index contributed by atoms with van der Waals surface area (Å²) >= 11 is 0. The Morgan fingerprint density at radius 3 is 2.11 bits per heavy atom. The van der Waals surface area contributed by atoms with Crippen LogP contribution < -0.4 is 0 Å². The lowest BCUT2D eigenvalue weighted by Crippen LogP contribution is -2.65. The molecule has 4 unspecified atom stereocenters. The Morgan fingerprint density at radius 2 is 1.48 bits per heavy atom. The van der Waals surface area contributed by atoms with Gasteiger partial charge in [-0.25, -0.2) is 0 Å². The van der Waals surface area contributed by atoms with E-state index in [1.54, 1.807) is 0 Å². The number of carbonyl (C=O) groups is 3. The van der Waals surface area contributed by atoms with Crippen LogP contribution in [0.25, 0.3) is 0 Å². The summed E-state index contributed by atoms with van der Waals surface area (Å²) in [4.78, 5) is 61.7. The van der Waals surface area contributed by atoms with Crippen LogP contribution in [0.1, 0.15) is 125 Å². The first-order valence-electron chi connectivity index (χ1n) is 17.9. The molecule has 10 heteroatoms. The van der Waals surface area contributed by atoms with Crippen molar-refractivity contribution in [1.82, 2.24) is 0 Å². The predicted molar refractivity (Wildman–Crippen MR) is 165 cm³/mol. The van der Waals surface area contributed by atoms with Gasteiger partial charge < -0.3 is 14.2 Å². The van der Waals surface area contributed by atoms with Crippen molar-refractivity contribution in [2.75, 3.05) is 7.11 Å². The molecule has 0 N–H and O–H groups in total. The third-order valence-corrected chi connectivity index (χ3v) is 13.9. The molecule has 2 spiro atoms. The molecule has 1 saturated heterocycles. The lowest BCUT2D eigenvalue weighted by atomic mass is 9.42. The summed E-state index contributed by atoms with van der Waals surface area (Å²) in [5, 5.41) is 0. The molecule has 6 aliphatic rings. The summed E-state index contributed by atoms with van der Waals surface area (Å²) in [7, 11) is 1.43. The van der Waals surface area contributed by atoms with Gasteiger partial charge in [-0.3, -0.25) is 14.4 Å². The maximum Gasteiger partial charge on any atom is 0.305 e. The van der Waals surface area contributed by atoms with Crippen molar-refractivity contribution >= 4 is 17.9 Å². The van der Waals surface area contributed by atoms with E-state index in [4.69, 9.17) is 33.8 Å². The first-order chi connectivity index (χ1) is 21.7. The van der Waals surface area contributed by atoms with Crippen molar-refractivity contribution in [2.45, 2.75) is 149 Å². The molecule has 0 amide bonds. The van der Waals surface area contributed by atoms with Crippen molar-refractivity contribution in [3.05, 3.63) is 0 Å². The van der Waals surface area contributed by atoms with E-state index >= 15 is 0 Å². The van der Waals surface area contributed by atoms with Gasteiger partial charge in [-0.2, -0.15) is 19.6 Å². The number of carbonyl (C=O) groups excluding carboxylic acids is 3. The van der Waals surface area contributed by atoms with E-state index in [-0.39, 0.29) is 76.5 Å².